The summed E-state index contributed by atoms with van der Waals surface area (Å²) in [6.07, 6.45) is 3.64. The Kier molecular flexibility index (Phi) is 6.45. The Morgan fingerprint density at radius 3 is 2.59 bits per heavy atom. The largest absolute Gasteiger partial charge is 0.353 e. The Morgan fingerprint density at radius 2 is 2.00 bits per heavy atom. The van der Waals surface area contributed by atoms with E-state index in [4.69, 9.17) is 0 Å². The Labute approximate surface area is 164 Å². The lowest BCUT2D eigenvalue weighted by Gasteiger charge is -2.35. The maximum atomic E-state index is 12.4. The number of rotatable bonds is 6. The molecule has 1 saturated heterocycles. The molecule has 27 heavy (non-hydrogen) atoms. The zero-order valence-corrected chi connectivity index (χ0v) is 16.7. The van der Waals surface area contributed by atoms with Crippen molar-refractivity contribution in [2.45, 2.75) is 32.7 Å². The van der Waals surface area contributed by atoms with E-state index in [9.17, 15) is 9.59 Å². The minimum atomic E-state index is -0.0821. The summed E-state index contributed by atoms with van der Waals surface area (Å²) in [6, 6.07) is 7.64. The van der Waals surface area contributed by atoms with Crippen molar-refractivity contribution in [3.8, 4) is 0 Å². The summed E-state index contributed by atoms with van der Waals surface area (Å²) in [5.74, 6) is 0.864. The molecule has 0 spiro atoms. The molecule has 3 rings (SSSR count). The van der Waals surface area contributed by atoms with E-state index in [0.29, 0.717) is 18.7 Å². The van der Waals surface area contributed by atoms with Gasteiger partial charge in [0.25, 0.3) is 11.8 Å². The number of nitrogens with zero attached hydrogens (tertiary/aromatic N) is 3. The van der Waals surface area contributed by atoms with Gasteiger partial charge < -0.3 is 15.1 Å². The monoisotopic (exact) mass is 386 g/mol. The van der Waals surface area contributed by atoms with Crippen LogP contribution in [0.4, 0.5) is 5.82 Å². The third-order valence-electron chi connectivity index (χ3n) is 4.73. The molecule has 2 aromatic heterocycles. The highest BCUT2D eigenvalue weighted by atomic mass is 32.1. The number of nitrogens with one attached hydrogen (secondary N) is 1. The highest BCUT2D eigenvalue weighted by molar-refractivity contribution is 7.12. The van der Waals surface area contributed by atoms with E-state index in [-0.39, 0.29) is 17.9 Å². The van der Waals surface area contributed by atoms with Crippen molar-refractivity contribution in [1.82, 2.24) is 15.2 Å². The number of hydrogen-bond acceptors (Lipinski definition) is 5. The van der Waals surface area contributed by atoms with E-state index in [1.807, 2.05) is 41.5 Å². The average molecular weight is 387 g/mol. The van der Waals surface area contributed by atoms with Gasteiger partial charge in [0.05, 0.1) is 10.4 Å². The molecule has 0 saturated carbocycles. The summed E-state index contributed by atoms with van der Waals surface area (Å²) in [7, 11) is 0. The molecule has 3 heterocycles. The molecule has 0 radical (unpaired) electrons. The molecular formula is C20H26N4O2S. The third kappa shape index (κ3) is 4.86. The number of hydrogen-bond donors (Lipinski definition) is 1. The molecule has 1 N–H and O–H groups in total. The zero-order chi connectivity index (χ0) is 19.2. The summed E-state index contributed by atoms with van der Waals surface area (Å²) in [5.41, 5.74) is 0.577. The highest BCUT2D eigenvalue weighted by Gasteiger charge is 2.23. The lowest BCUT2D eigenvalue weighted by atomic mass is 10.2. The number of thiophene rings is 1. The Hall–Kier alpha value is -2.41. The fourth-order valence-electron chi connectivity index (χ4n) is 3.21. The van der Waals surface area contributed by atoms with Gasteiger partial charge in [0.1, 0.15) is 5.82 Å². The molecule has 0 aliphatic carbocycles. The quantitative estimate of drug-likeness (QED) is 0.829. The number of piperazine rings is 1. The number of pyridine rings is 1. The summed E-state index contributed by atoms with van der Waals surface area (Å²) in [5, 5.41) is 4.92. The van der Waals surface area contributed by atoms with E-state index >= 15 is 0 Å². The van der Waals surface area contributed by atoms with Crippen molar-refractivity contribution in [3.63, 3.8) is 0 Å². The normalized spacial score (nSPS) is 15.5. The first-order chi connectivity index (χ1) is 13.1. The van der Waals surface area contributed by atoms with Crippen molar-refractivity contribution in [1.29, 1.82) is 0 Å². The number of carbonyl (C=O) groups is 2. The SMILES string of the molecule is CCCC(C)NC(=O)c1ccc(N2CCN(C(=O)c3cccs3)CC2)nc1. The van der Waals surface area contributed by atoms with Crippen molar-refractivity contribution in [3.05, 3.63) is 46.3 Å². The van der Waals surface area contributed by atoms with Crippen LogP contribution in [0.3, 0.4) is 0 Å². The van der Waals surface area contributed by atoms with Gasteiger partial charge in [-0.25, -0.2) is 4.98 Å². The van der Waals surface area contributed by atoms with Crippen LogP contribution in [0, 0.1) is 0 Å². The molecule has 2 amide bonds. The molecule has 0 aromatic carbocycles. The van der Waals surface area contributed by atoms with Gasteiger partial charge in [-0.1, -0.05) is 19.4 Å². The minimum absolute atomic E-state index is 0.0821. The number of carbonyl (C=O) groups excluding carboxylic acids is 2. The first-order valence-electron chi connectivity index (χ1n) is 9.43. The van der Waals surface area contributed by atoms with Crippen LogP contribution in [0.1, 0.15) is 46.7 Å². The van der Waals surface area contributed by atoms with Crippen LogP contribution in [-0.4, -0.2) is 53.9 Å². The van der Waals surface area contributed by atoms with Gasteiger partial charge in [0, 0.05) is 38.4 Å². The van der Waals surface area contributed by atoms with Gasteiger partial charge in [0.15, 0.2) is 0 Å². The van der Waals surface area contributed by atoms with Crippen LogP contribution in [0.15, 0.2) is 35.8 Å². The highest BCUT2D eigenvalue weighted by Crippen LogP contribution is 2.17. The van der Waals surface area contributed by atoms with Gasteiger partial charge in [0.2, 0.25) is 0 Å². The molecular weight excluding hydrogens is 360 g/mol. The Bertz CT molecular complexity index is 753. The van der Waals surface area contributed by atoms with Crippen LogP contribution < -0.4 is 10.2 Å². The average Bonchev–Trinajstić information content (AvgIpc) is 3.22. The van der Waals surface area contributed by atoms with E-state index < -0.39 is 0 Å². The summed E-state index contributed by atoms with van der Waals surface area (Å²) in [6.45, 7) is 6.95. The maximum Gasteiger partial charge on any atom is 0.264 e. The van der Waals surface area contributed by atoms with E-state index in [2.05, 4.69) is 22.1 Å². The summed E-state index contributed by atoms with van der Waals surface area (Å²) < 4.78 is 0. The molecule has 1 fully saturated rings. The zero-order valence-electron chi connectivity index (χ0n) is 15.9. The molecule has 2 aromatic rings. The fourth-order valence-corrected chi connectivity index (χ4v) is 3.91. The van der Waals surface area contributed by atoms with Crippen molar-refractivity contribution < 1.29 is 9.59 Å². The predicted molar refractivity (Wildman–Crippen MR) is 109 cm³/mol. The van der Waals surface area contributed by atoms with Crippen LogP contribution in [0.5, 0.6) is 0 Å². The molecule has 0 bridgehead atoms. The van der Waals surface area contributed by atoms with E-state index in [1.54, 1.807) is 6.20 Å². The van der Waals surface area contributed by atoms with E-state index in [0.717, 1.165) is 36.6 Å². The standard InChI is InChI=1S/C20H26N4O2S/c1-3-5-15(2)22-19(25)16-7-8-18(21-14-16)23-9-11-24(12-10-23)20(26)17-6-4-13-27-17/h4,6-8,13-15H,3,5,9-12H2,1-2H3,(H,22,25). The smallest absolute Gasteiger partial charge is 0.264 e. The Balaban J connectivity index is 1.54. The maximum absolute atomic E-state index is 12.4. The number of aromatic nitrogens is 1. The third-order valence-corrected chi connectivity index (χ3v) is 5.59. The van der Waals surface area contributed by atoms with Crippen molar-refractivity contribution in [2.24, 2.45) is 0 Å². The molecule has 6 nitrogen and oxygen atoms in total. The fraction of sp³-hybridized carbons (Fsp3) is 0.450. The van der Waals surface area contributed by atoms with Gasteiger partial charge in [-0.3, -0.25) is 9.59 Å². The minimum Gasteiger partial charge on any atom is -0.353 e. The predicted octanol–water partition coefficient (Wildman–Crippen LogP) is 3.02. The Morgan fingerprint density at radius 1 is 1.22 bits per heavy atom. The van der Waals surface area contributed by atoms with Gasteiger partial charge >= 0.3 is 0 Å². The second-order valence-corrected chi connectivity index (χ2v) is 7.77. The van der Waals surface area contributed by atoms with Crippen LogP contribution >= 0.6 is 11.3 Å². The van der Waals surface area contributed by atoms with Crippen molar-refractivity contribution in [2.75, 3.05) is 31.1 Å². The van der Waals surface area contributed by atoms with Gasteiger partial charge in [-0.15, -0.1) is 11.3 Å². The molecule has 1 aliphatic rings. The number of anilines is 1. The lowest BCUT2D eigenvalue weighted by Crippen LogP contribution is -2.48. The molecule has 1 unspecified atom stereocenters. The second-order valence-electron chi connectivity index (χ2n) is 6.82. The lowest BCUT2D eigenvalue weighted by molar-refractivity contribution is 0.0751. The van der Waals surface area contributed by atoms with Gasteiger partial charge in [-0.05, 0) is 36.9 Å². The summed E-state index contributed by atoms with van der Waals surface area (Å²) in [4.78, 5) is 33.9. The molecule has 1 atom stereocenters. The first-order valence-corrected chi connectivity index (χ1v) is 10.3. The molecule has 1 aliphatic heterocycles. The second kappa shape index (κ2) is 8.99. The van der Waals surface area contributed by atoms with Crippen LogP contribution in [-0.2, 0) is 0 Å². The van der Waals surface area contributed by atoms with Crippen molar-refractivity contribution >= 4 is 29.0 Å². The molecule has 144 valence electrons. The first kappa shape index (κ1) is 19.4. The van der Waals surface area contributed by atoms with E-state index in [1.165, 1.54) is 11.3 Å². The van der Waals surface area contributed by atoms with Crippen LogP contribution in [0.2, 0.25) is 0 Å². The number of amides is 2. The molecule has 7 heteroatoms. The summed E-state index contributed by atoms with van der Waals surface area (Å²) >= 11 is 1.48. The van der Waals surface area contributed by atoms with Crippen LogP contribution in [0.25, 0.3) is 0 Å². The topological polar surface area (TPSA) is 65.5 Å². The van der Waals surface area contributed by atoms with Gasteiger partial charge in [-0.2, -0.15) is 0 Å².